The highest BCUT2D eigenvalue weighted by atomic mass is 19.1. The molecule has 2 aliphatic heterocycles. The largest absolute Gasteiger partial charge is 0.355 e. The van der Waals surface area contributed by atoms with E-state index in [1.54, 1.807) is 15.9 Å². The number of nitrogens with one attached hydrogen (secondary N) is 2. The molecule has 1 aromatic carbocycles. The minimum absolute atomic E-state index is 0.00916. The zero-order valence-electron chi connectivity index (χ0n) is 14.5. The van der Waals surface area contributed by atoms with Crippen LogP contribution in [0.3, 0.4) is 0 Å². The summed E-state index contributed by atoms with van der Waals surface area (Å²) in [7, 11) is 0. The highest BCUT2D eigenvalue weighted by Gasteiger charge is 2.30. The number of carbonyl (C=O) groups is 3. The van der Waals surface area contributed by atoms with E-state index >= 15 is 0 Å². The molecule has 140 valence electrons. The zero-order valence-corrected chi connectivity index (χ0v) is 14.5. The first-order valence-corrected chi connectivity index (χ1v) is 8.90. The molecular weight excluding hydrogens is 339 g/mol. The molecule has 1 aromatic rings. The van der Waals surface area contributed by atoms with Crippen molar-refractivity contribution in [2.75, 3.05) is 38.0 Å². The lowest BCUT2D eigenvalue weighted by Gasteiger charge is -2.28. The molecule has 0 spiro atoms. The molecule has 8 heteroatoms. The molecule has 0 radical (unpaired) electrons. The van der Waals surface area contributed by atoms with Crippen molar-refractivity contribution in [1.29, 1.82) is 0 Å². The van der Waals surface area contributed by atoms with E-state index < -0.39 is 5.82 Å². The molecule has 1 unspecified atom stereocenters. The normalized spacial score (nSPS) is 21.0. The van der Waals surface area contributed by atoms with Gasteiger partial charge in [0.25, 0.3) is 0 Å². The van der Waals surface area contributed by atoms with Crippen LogP contribution in [-0.2, 0) is 9.59 Å². The maximum Gasteiger partial charge on any atom is 0.321 e. The van der Waals surface area contributed by atoms with Crippen molar-refractivity contribution in [2.24, 2.45) is 5.92 Å². The summed E-state index contributed by atoms with van der Waals surface area (Å²) in [6.45, 7) is 2.39. The molecule has 4 amide bonds. The van der Waals surface area contributed by atoms with Gasteiger partial charge in [-0.2, -0.15) is 0 Å². The number of benzene rings is 1. The van der Waals surface area contributed by atoms with Crippen LogP contribution in [0.15, 0.2) is 24.3 Å². The van der Waals surface area contributed by atoms with Crippen molar-refractivity contribution in [1.82, 2.24) is 15.1 Å². The molecule has 0 aromatic heterocycles. The topological polar surface area (TPSA) is 81.8 Å². The number of amides is 4. The zero-order chi connectivity index (χ0) is 18.5. The maximum absolute atomic E-state index is 13.2. The first kappa shape index (κ1) is 18.2. The van der Waals surface area contributed by atoms with Crippen LogP contribution in [0, 0.1) is 11.7 Å². The van der Waals surface area contributed by atoms with Crippen molar-refractivity contribution in [3.05, 3.63) is 30.1 Å². The Kier molecular flexibility index (Phi) is 5.70. The summed E-state index contributed by atoms with van der Waals surface area (Å²) in [5.41, 5.74) is 0.408. The van der Waals surface area contributed by atoms with E-state index in [2.05, 4.69) is 10.6 Å². The van der Waals surface area contributed by atoms with Crippen molar-refractivity contribution in [3.63, 3.8) is 0 Å². The van der Waals surface area contributed by atoms with Crippen molar-refractivity contribution >= 4 is 23.5 Å². The van der Waals surface area contributed by atoms with Crippen LogP contribution in [0.5, 0.6) is 0 Å². The quantitative estimate of drug-likeness (QED) is 0.835. The highest BCUT2D eigenvalue weighted by Crippen LogP contribution is 2.16. The number of carbonyl (C=O) groups excluding carboxylic acids is 3. The molecule has 0 aliphatic carbocycles. The number of anilines is 1. The maximum atomic E-state index is 13.2. The monoisotopic (exact) mass is 362 g/mol. The Labute approximate surface area is 151 Å². The van der Waals surface area contributed by atoms with Gasteiger partial charge in [0.1, 0.15) is 5.82 Å². The number of urea groups is 1. The van der Waals surface area contributed by atoms with Gasteiger partial charge in [-0.3, -0.25) is 9.59 Å². The van der Waals surface area contributed by atoms with Crippen molar-refractivity contribution < 1.29 is 18.8 Å². The second-order valence-electron chi connectivity index (χ2n) is 6.65. The molecular formula is C18H23FN4O3. The third-order valence-electron chi connectivity index (χ3n) is 4.79. The summed E-state index contributed by atoms with van der Waals surface area (Å²) >= 11 is 0. The van der Waals surface area contributed by atoms with Gasteiger partial charge in [-0.15, -0.1) is 0 Å². The second-order valence-corrected chi connectivity index (χ2v) is 6.65. The fraction of sp³-hybridized carbons (Fsp3) is 0.500. The van der Waals surface area contributed by atoms with Crippen molar-refractivity contribution in [2.45, 2.75) is 19.3 Å². The van der Waals surface area contributed by atoms with Gasteiger partial charge in [0, 0.05) is 44.8 Å². The van der Waals surface area contributed by atoms with Crippen LogP contribution in [0.25, 0.3) is 0 Å². The predicted molar refractivity (Wildman–Crippen MR) is 93.9 cm³/mol. The van der Waals surface area contributed by atoms with E-state index in [9.17, 15) is 18.8 Å². The third kappa shape index (κ3) is 4.50. The fourth-order valence-electron chi connectivity index (χ4n) is 3.31. The van der Waals surface area contributed by atoms with Crippen LogP contribution < -0.4 is 10.6 Å². The summed E-state index contributed by atoms with van der Waals surface area (Å²) in [6.07, 6.45) is 1.64. The number of piperidine rings is 1. The molecule has 0 saturated carbocycles. The first-order valence-electron chi connectivity index (χ1n) is 8.90. The third-order valence-corrected chi connectivity index (χ3v) is 4.79. The summed E-state index contributed by atoms with van der Waals surface area (Å²) in [5, 5.41) is 5.42. The Morgan fingerprint density at radius 1 is 1.15 bits per heavy atom. The molecule has 2 aliphatic rings. The van der Waals surface area contributed by atoms with Gasteiger partial charge in [-0.05, 0) is 31.0 Å². The van der Waals surface area contributed by atoms with Gasteiger partial charge in [0.05, 0.1) is 5.92 Å². The summed E-state index contributed by atoms with van der Waals surface area (Å²) in [4.78, 5) is 39.7. The summed E-state index contributed by atoms with van der Waals surface area (Å²) < 4.78 is 13.2. The lowest BCUT2D eigenvalue weighted by atomic mass is 9.97. The predicted octanol–water partition coefficient (Wildman–Crippen LogP) is 1.42. The van der Waals surface area contributed by atoms with E-state index in [-0.39, 0.29) is 23.8 Å². The highest BCUT2D eigenvalue weighted by molar-refractivity contribution is 5.89. The Balaban J connectivity index is 1.53. The van der Waals surface area contributed by atoms with E-state index in [4.69, 9.17) is 0 Å². The van der Waals surface area contributed by atoms with Gasteiger partial charge >= 0.3 is 6.03 Å². The van der Waals surface area contributed by atoms with Crippen molar-refractivity contribution in [3.8, 4) is 0 Å². The number of nitrogens with zero attached hydrogens (tertiary/aromatic N) is 2. The van der Waals surface area contributed by atoms with E-state index in [1.807, 2.05) is 0 Å². The molecule has 26 heavy (non-hydrogen) atoms. The lowest BCUT2D eigenvalue weighted by molar-refractivity contribution is -0.137. The van der Waals surface area contributed by atoms with E-state index in [0.29, 0.717) is 57.7 Å². The average Bonchev–Trinajstić information content (AvgIpc) is 2.88. The first-order chi connectivity index (χ1) is 12.5. The Hall–Kier alpha value is -2.64. The van der Waals surface area contributed by atoms with Gasteiger partial charge in [0.15, 0.2) is 0 Å². The van der Waals surface area contributed by atoms with Crippen LogP contribution in [0.1, 0.15) is 19.3 Å². The molecule has 2 fully saturated rings. The molecule has 0 bridgehead atoms. The Morgan fingerprint density at radius 3 is 2.65 bits per heavy atom. The summed E-state index contributed by atoms with van der Waals surface area (Å²) in [6, 6.07) is 5.46. The van der Waals surface area contributed by atoms with E-state index in [1.165, 1.54) is 18.2 Å². The van der Waals surface area contributed by atoms with Crippen LogP contribution in [0.2, 0.25) is 0 Å². The fourth-order valence-corrected chi connectivity index (χ4v) is 3.31. The molecule has 2 saturated heterocycles. The Morgan fingerprint density at radius 2 is 1.92 bits per heavy atom. The standard InChI is InChI=1S/C18H23FN4O3/c19-14-3-1-4-15(11-14)21-18(26)23-8-2-7-22(9-10-23)17(25)13-5-6-16(24)20-12-13/h1,3-4,11,13H,2,5-10,12H2,(H,20,24)(H,21,26). The minimum atomic E-state index is -0.407. The summed E-state index contributed by atoms with van der Waals surface area (Å²) in [5.74, 6) is -0.558. The van der Waals surface area contributed by atoms with Gasteiger partial charge in [-0.1, -0.05) is 6.07 Å². The van der Waals surface area contributed by atoms with Crippen LogP contribution >= 0.6 is 0 Å². The van der Waals surface area contributed by atoms with Crippen LogP contribution in [-0.4, -0.2) is 60.4 Å². The number of hydrogen-bond acceptors (Lipinski definition) is 3. The number of halogens is 1. The second kappa shape index (κ2) is 8.16. The Bertz CT molecular complexity index is 687. The van der Waals surface area contributed by atoms with Gasteiger partial charge in [0.2, 0.25) is 11.8 Å². The average molecular weight is 362 g/mol. The molecule has 2 N–H and O–H groups in total. The van der Waals surface area contributed by atoms with E-state index in [0.717, 1.165) is 0 Å². The molecule has 2 heterocycles. The molecule has 7 nitrogen and oxygen atoms in total. The van der Waals surface area contributed by atoms with Crippen LogP contribution in [0.4, 0.5) is 14.9 Å². The number of rotatable bonds is 2. The SMILES string of the molecule is O=C1CCC(C(=O)N2CCCN(C(=O)Nc3cccc(F)c3)CC2)CN1. The smallest absolute Gasteiger partial charge is 0.321 e. The lowest BCUT2D eigenvalue weighted by Crippen LogP contribution is -2.46. The number of hydrogen-bond donors (Lipinski definition) is 2. The minimum Gasteiger partial charge on any atom is -0.355 e. The molecule has 3 rings (SSSR count). The van der Waals surface area contributed by atoms with Gasteiger partial charge < -0.3 is 20.4 Å². The van der Waals surface area contributed by atoms with Gasteiger partial charge in [-0.25, -0.2) is 9.18 Å². The molecule has 1 atom stereocenters.